The summed E-state index contributed by atoms with van der Waals surface area (Å²) >= 11 is 0. The topological polar surface area (TPSA) is 170 Å². The molecule has 1 aliphatic heterocycles. The van der Waals surface area contributed by atoms with Crippen LogP contribution in [0.2, 0.25) is 0 Å². The zero-order chi connectivity index (χ0) is 22.4. The average molecular weight is 432 g/mol. The molecule has 5 atom stereocenters. The van der Waals surface area contributed by atoms with E-state index >= 15 is 0 Å². The van der Waals surface area contributed by atoms with E-state index in [-0.39, 0.29) is 28.2 Å². The van der Waals surface area contributed by atoms with Gasteiger partial charge in [-0.1, -0.05) is 0 Å². The number of hydrogen-bond donors (Lipinski definition) is 6. The number of hydrogen-bond acceptors (Lipinski definition) is 10. The Morgan fingerprint density at radius 1 is 0.968 bits per heavy atom. The SMILES string of the molecule is C[C@@H]1O[C@@H](O)[C@H](Oc2cc(O)c3c(=O)c(O)c(-c4ccc(O)cc4)oc3c2)[C@@H](O)[C@H]1O. The van der Waals surface area contributed by atoms with Gasteiger partial charge in [-0.05, 0) is 31.2 Å². The molecule has 0 aliphatic carbocycles. The summed E-state index contributed by atoms with van der Waals surface area (Å²) in [6.07, 6.45) is -6.59. The maximum absolute atomic E-state index is 12.6. The number of aliphatic hydroxyl groups excluding tert-OH is 3. The van der Waals surface area contributed by atoms with Gasteiger partial charge in [-0.3, -0.25) is 4.79 Å². The second kappa shape index (κ2) is 7.75. The largest absolute Gasteiger partial charge is 0.508 e. The van der Waals surface area contributed by atoms with Gasteiger partial charge in [0.1, 0.15) is 40.4 Å². The lowest BCUT2D eigenvalue weighted by atomic mass is 10.00. The highest BCUT2D eigenvalue weighted by atomic mass is 16.7. The van der Waals surface area contributed by atoms with Crippen molar-refractivity contribution in [3.63, 3.8) is 0 Å². The van der Waals surface area contributed by atoms with Crippen molar-refractivity contribution >= 4 is 11.0 Å². The standard InChI is InChI=1S/C21H20O10/c1-8-15(24)17(26)20(21(28)29-8)30-11-6-12(23)14-13(7-11)31-19(18(27)16(14)25)9-2-4-10(22)5-3-9/h2-8,15,17,20-24,26-28H,1H3/t8-,15-,17-,20+,21+/m0/s1. The Balaban J connectivity index is 1.78. The van der Waals surface area contributed by atoms with Crippen molar-refractivity contribution in [2.45, 2.75) is 37.6 Å². The van der Waals surface area contributed by atoms with Crippen LogP contribution in [-0.2, 0) is 4.74 Å². The molecule has 1 aromatic heterocycles. The Hall–Kier alpha value is -3.31. The summed E-state index contributed by atoms with van der Waals surface area (Å²) in [5, 5.41) is 60.0. The normalized spacial score (nSPS) is 26.1. The van der Waals surface area contributed by atoms with Crippen LogP contribution >= 0.6 is 0 Å². The van der Waals surface area contributed by atoms with E-state index in [1.165, 1.54) is 37.3 Å². The zero-order valence-corrected chi connectivity index (χ0v) is 16.2. The molecule has 2 heterocycles. The molecule has 3 aromatic rings. The van der Waals surface area contributed by atoms with Crippen molar-refractivity contribution in [2.75, 3.05) is 0 Å². The molecule has 0 saturated carbocycles. The Morgan fingerprint density at radius 3 is 2.32 bits per heavy atom. The van der Waals surface area contributed by atoms with Crippen LogP contribution < -0.4 is 10.2 Å². The van der Waals surface area contributed by atoms with E-state index in [9.17, 15) is 35.4 Å². The monoisotopic (exact) mass is 432 g/mol. The van der Waals surface area contributed by atoms with E-state index in [2.05, 4.69) is 0 Å². The predicted molar refractivity (Wildman–Crippen MR) is 106 cm³/mol. The minimum atomic E-state index is -1.56. The van der Waals surface area contributed by atoms with Crippen LogP contribution in [0.3, 0.4) is 0 Å². The number of benzene rings is 2. The van der Waals surface area contributed by atoms with E-state index in [1.54, 1.807) is 0 Å². The van der Waals surface area contributed by atoms with Crippen LogP contribution in [0.25, 0.3) is 22.3 Å². The Kier molecular flexibility index (Phi) is 5.23. The van der Waals surface area contributed by atoms with E-state index in [0.717, 1.165) is 6.07 Å². The first-order valence-electron chi connectivity index (χ1n) is 9.36. The molecular weight excluding hydrogens is 412 g/mol. The van der Waals surface area contributed by atoms with Gasteiger partial charge in [-0.25, -0.2) is 0 Å². The Bertz CT molecular complexity index is 1170. The van der Waals surface area contributed by atoms with Crippen LogP contribution in [0, 0.1) is 0 Å². The second-order valence-electron chi connectivity index (χ2n) is 7.27. The van der Waals surface area contributed by atoms with Gasteiger partial charge in [-0.15, -0.1) is 0 Å². The van der Waals surface area contributed by atoms with E-state index < -0.39 is 47.6 Å². The van der Waals surface area contributed by atoms with Crippen LogP contribution in [0.5, 0.6) is 23.0 Å². The highest BCUT2D eigenvalue weighted by Gasteiger charge is 2.43. The summed E-state index contributed by atoms with van der Waals surface area (Å²) in [7, 11) is 0. The molecule has 164 valence electrons. The minimum Gasteiger partial charge on any atom is -0.508 e. The van der Waals surface area contributed by atoms with Gasteiger partial charge in [0.25, 0.3) is 0 Å². The van der Waals surface area contributed by atoms with Crippen LogP contribution in [-0.4, -0.2) is 61.3 Å². The molecule has 1 fully saturated rings. The number of rotatable bonds is 3. The lowest BCUT2D eigenvalue weighted by Crippen LogP contribution is -2.58. The molecule has 1 aliphatic rings. The molecule has 0 spiro atoms. The molecule has 0 unspecified atom stereocenters. The van der Waals surface area contributed by atoms with Gasteiger partial charge < -0.3 is 44.5 Å². The second-order valence-corrected chi connectivity index (χ2v) is 7.27. The summed E-state index contributed by atoms with van der Waals surface area (Å²) in [5.41, 5.74) is -0.738. The third-order valence-corrected chi connectivity index (χ3v) is 5.13. The van der Waals surface area contributed by atoms with Crippen LogP contribution in [0.1, 0.15) is 6.92 Å². The quantitative estimate of drug-likeness (QED) is 0.348. The smallest absolute Gasteiger partial charge is 0.238 e. The molecule has 0 amide bonds. The summed E-state index contributed by atoms with van der Waals surface area (Å²) in [6, 6.07) is 7.80. The predicted octanol–water partition coefficient (Wildman–Crippen LogP) is 0.783. The minimum absolute atomic E-state index is 0.0250. The molecule has 6 N–H and O–H groups in total. The maximum Gasteiger partial charge on any atom is 0.238 e. The third-order valence-electron chi connectivity index (χ3n) is 5.13. The van der Waals surface area contributed by atoms with Gasteiger partial charge >= 0.3 is 0 Å². The van der Waals surface area contributed by atoms with Crippen molar-refractivity contribution in [2.24, 2.45) is 0 Å². The van der Waals surface area contributed by atoms with E-state index in [0.29, 0.717) is 5.56 Å². The molecule has 1 saturated heterocycles. The number of aromatic hydroxyl groups is 3. The lowest BCUT2D eigenvalue weighted by Gasteiger charge is -2.39. The summed E-state index contributed by atoms with van der Waals surface area (Å²) < 4.78 is 16.3. The molecule has 31 heavy (non-hydrogen) atoms. The zero-order valence-electron chi connectivity index (χ0n) is 16.2. The molecular formula is C21H20O10. The first-order valence-corrected chi connectivity index (χ1v) is 9.36. The van der Waals surface area contributed by atoms with Crippen LogP contribution in [0.15, 0.2) is 45.6 Å². The molecule has 10 nitrogen and oxygen atoms in total. The summed E-state index contributed by atoms with van der Waals surface area (Å²) in [5.74, 6) is -1.61. The van der Waals surface area contributed by atoms with Gasteiger partial charge in [0.05, 0.1) is 6.10 Å². The van der Waals surface area contributed by atoms with Crippen molar-refractivity contribution in [1.82, 2.24) is 0 Å². The lowest BCUT2D eigenvalue weighted by molar-refractivity contribution is -0.271. The van der Waals surface area contributed by atoms with Crippen molar-refractivity contribution in [3.8, 4) is 34.3 Å². The van der Waals surface area contributed by atoms with Crippen LogP contribution in [0.4, 0.5) is 0 Å². The van der Waals surface area contributed by atoms with E-state index in [4.69, 9.17) is 13.9 Å². The van der Waals surface area contributed by atoms with Gasteiger partial charge in [0.15, 0.2) is 18.2 Å². The molecule has 10 heteroatoms. The highest BCUT2D eigenvalue weighted by Crippen LogP contribution is 2.36. The first-order chi connectivity index (χ1) is 14.7. The summed E-state index contributed by atoms with van der Waals surface area (Å²) in [4.78, 5) is 12.6. The molecule has 0 radical (unpaired) electrons. The highest BCUT2D eigenvalue weighted by molar-refractivity contribution is 5.88. The van der Waals surface area contributed by atoms with Gasteiger partial charge in [-0.2, -0.15) is 0 Å². The van der Waals surface area contributed by atoms with Gasteiger partial charge in [0, 0.05) is 17.7 Å². The molecule has 2 aromatic carbocycles. The number of aliphatic hydroxyl groups is 3. The fourth-order valence-corrected chi connectivity index (χ4v) is 3.44. The Morgan fingerprint density at radius 2 is 1.65 bits per heavy atom. The maximum atomic E-state index is 12.6. The number of fused-ring (bicyclic) bond motifs is 1. The third kappa shape index (κ3) is 3.66. The van der Waals surface area contributed by atoms with Crippen molar-refractivity contribution in [3.05, 3.63) is 46.6 Å². The van der Waals surface area contributed by atoms with Gasteiger partial charge in [0.2, 0.25) is 11.2 Å². The number of phenols is 2. The fourth-order valence-electron chi connectivity index (χ4n) is 3.44. The van der Waals surface area contributed by atoms with E-state index in [1.807, 2.05) is 0 Å². The van der Waals surface area contributed by atoms with Crippen molar-refractivity contribution < 1.29 is 44.5 Å². The molecule has 4 rings (SSSR count). The van der Waals surface area contributed by atoms with Crippen molar-refractivity contribution in [1.29, 1.82) is 0 Å². The number of ether oxygens (including phenoxy) is 2. The average Bonchev–Trinajstić information content (AvgIpc) is 2.72. The fraction of sp³-hybridized carbons (Fsp3) is 0.286. The Labute approximate surface area is 174 Å². The molecule has 0 bridgehead atoms. The number of phenolic OH excluding ortho intramolecular Hbond substituents is 2. The summed E-state index contributed by atoms with van der Waals surface area (Å²) in [6.45, 7) is 1.47. The first kappa shape index (κ1) is 20.9.